The van der Waals surface area contributed by atoms with Crippen molar-refractivity contribution in [3.63, 3.8) is 0 Å². The summed E-state index contributed by atoms with van der Waals surface area (Å²) < 4.78 is 55.0. The molecule has 1 aromatic carbocycles. The Morgan fingerprint density at radius 3 is 2.62 bits per heavy atom. The third kappa shape index (κ3) is 4.92. The van der Waals surface area contributed by atoms with Gasteiger partial charge in [-0.2, -0.15) is 13.2 Å². The first-order chi connectivity index (χ1) is 11.4. The standard InChI is InChI=1S/C15H13F4N3O2/c16-12-6-2-1-4-10(12)8-21-13(22-23)11-5-3-7-20-14(11)24-9-15(17,18)19/h1-7,23H,8-9H2,(H,21,22). The Bertz CT molecular complexity index is 720. The molecule has 128 valence electrons. The van der Waals surface area contributed by atoms with E-state index in [1.165, 1.54) is 36.5 Å². The molecule has 0 aliphatic carbocycles. The Labute approximate surface area is 134 Å². The van der Waals surface area contributed by atoms with Crippen LogP contribution < -0.4 is 10.2 Å². The molecule has 1 aromatic heterocycles. The van der Waals surface area contributed by atoms with Crippen molar-refractivity contribution >= 4 is 5.84 Å². The van der Waals surface area contributed by atoms with Crippen LogP contribution in [0.3, 0.4) is 0 Å². The molecule has 2 aromatic rings. The zero-order chi connectivity index (χ0) is 17.6. The molecule has 0 atom stereocenters. The number of pyridine rings is 1. The average Bonchev–Trinajstić information content (AvgIpc) is 2.55. The molecule has 0 unspecified atom stereocenters. The third-order valence-electron chi connectivity index (χ3n) is 2.87. The number of benzene rings is 1. The molecule has 9 heteroatoms. The van der Waals surface area contributed by atoms with Gasteiger partial charge in [0, 0.05) is 11.8 Å². The van der Waals surface area contributed by atoms with Crippen molar-refractivity contribution < 1.29 is 27.5 Å². The normalized spacial score (nSPS) is 12.1. The lowest BCUT2D eigenvalue weighted by atomic mass is 10.2. The van der Waals surface area contributed by atoms with Crippen LogP contribution in [0.25, 0.3) is 0 Å². The highest BCUT2D eigenvalue weighted by Crippen LogP contribution is 2.20. The van der Waals surface area contributed by atoms with E-state index in [-0.39, 0.29) is 29.4 Å². The van der Waals surface area contributed by atoms with Gasteiger partial charge < -0.3 is 4.74 Å². The summed E-state index contributed by atoms with van der Waals surface area (Å²) in [6, 6.07) is 8.67. The molecule has 24 heavy (non-hydrogen) atoms. The molecule has 0 amide bonds. The highest BCUT2D eigenvalue weighted by Gasteiger charge is 2.29. The predicted molar refractivity (Wildman–Crippen MR) is 77.4 cm³/mol. The van der Waals surface area contributed by atoms with E-state index in [4.69, 9.17) is 0 Å². The van der Waals surface area contributed by atoms with Crippen molar-refractivity contribution in [2.75, 3.05) is 6.61 Å². The average molecular weight is 343 g/mol. The number of rotatable bonds is 5. The number of hydroxylamine groups is 1. The van der Waals surface area contributed by atoms with Gasteiger partial charge in [-0.05, 0) is 18.2 Å². The van der Waals surface area contributed by atoms with Gasteiger partial charge in [0.1, 0.15) is 5.82 Å². The molecular formula is C15H13F4N3O2. The lowest BCUT2D eigenvalue weighted by Gasteiger charge is -2.13. The fourth-order valence-corrected chi connectivity index (χ4v) is 1.81. The van der Waals surface area contributed by atoms with Crippen LogP contribution >= 0.6 is 0 Å². The van der Waals surface area contributed by atoms with Crippen LogP contribution in [0.2, 0.25) is 0 Å². The van der Waals surface area contributed by atoms with Gasteiger partial charge in [-0.1, -0.05) is 18.2 Å². The Kier molecular flexibility index (Phi) is 5.69. The number of aliphatic imine (C=N–C) groups is 1. The lowest BCUT2D eigenvalue weighted by Crippen LogP contribution is -2.24. The number of nitrogens with one attached hydrogen (secondary N) is 1. The van der Waals surface area contributed by atoms with E-state index in [0.29, 0.717) is 0 Å². The fourth-order valence-electron chi connectivity index (χ4n) is 1.81. The quantitative estimate of drug-likeness (QED) is 0.379. The number of aromatic nitrogens is 1. The summed E-state index contributed by atoms with van der Waals surface area (Å²) in [7, 11) is 0. The van der Waals surface area contributed by atoms with Gasteiger partial charge in [-0.25, -0.2) is 9.37 Å². The Morgan fingerprint density at radius 1 is 1.21 bits per heavy atom. The first-order valence-electron chi connectivity index (χ1n) is 6.73. The maximum absolute atomic E-state index is 13.6. The summed E-state index contributed by atoms with van der Waals surface area (Å²) >= 11 is 0. The van der Waals surface area contributed by atoms with Crippen LogP contribution in [0.4, 0.5) is 17.6 Å². The second kappa shape index (κ2) is 7.73. The molecule has 0 saturated carbocycles. The Balaban J connectivity index is 2.24. The molecule has 0 radical (unpaired) electrons. The molecule has 5 nitrogen and oxygen atoms in total. The largest absolute Gasteiger partial charge is 0.467 e. The summed E-state index contributed by atoms with van der Waals surface area (Å²) in [5.74, 6) is -1.04. The summed E-state index contributed by atoms with van der Waals surface area (Å²) in [4.78, 5) is 7.66. The van der Waals surface area contributed by atoms with E-state index in [0.717, 1.165) is 0 Å². The third-order valence-corrected chi connectivity index (χ3v) is 2.87. The lowest BCUT2D eigenvalue weighted by molar-refractivity contribution is -0.154. The minimum Gasteiger partial charge on any atom is -0.467 e. The van der Waals surface area contributed by atoms with Crippen molar-refractivity contribution in [1.29, 1.82) is 0 Å². The van der Waals surface area contributed by atoms with Crippen LogP contribution in [-0.2, 0) is 6.54 Å². The van der Waals surface area contributed by atoms with E-state index in [1.807, 2.05) is 0 Å². The summed E-state index contributed by atoms with van der Waals surface area (Å²) in [5, 5.41) is 9.20. The van der Waals surface area contributed by atoms with E-state index >= 15 is 0 Å². The molecule has 2 N–H and O–H groups in total. The van der Waals surface area contributed by atoms with E-state index in [9.17, 15) is 22.8 Å². The van der Waals surface area contributed by atoms with Crippen LogP contribution in [0.1, 0.15) is 11.1 Å². The molecule has 0 fully saturated rings. The first-order valence-corrected chi connectivity index (χ1v) is 6.73. The topological polar surface area (TPSA) is 66.7 Å². The summed E-state index contributed by atoms with van der Waals surface area (Å²) in [6.07, 6.45) is -3.30. The highest BCUT2D eigenvalue weighted by atomic mass is 19.4. The zero-order valence-corrected chi connectivity index (χ0v) is 12.2. The van der Waals surface area contributed by atoms with Gasteiger partial charge in [0.05, 0.1) is 12.1 Å². The maximum atomic E-state index is 13.6. The Morgan fingerprint density at radius 2 is 1.96 bits per heavy atom. The van der Waals surface area contributed by atoms with Gasteiger partial charge in [0.25, 0.3) is 0 Å². The fraction of sp³-hybridized carbons (Fsp3) is 0.200. The van der Waals surface area contributed by atoms with Crippen molar-refractivity contribution in [2.45, 2.75) is 12.7 Å². The molecule has 2 rings (SSSR count). The first kappa shape index (κ1) is 17.7. The molecule has 0 bridgehead atoms. The van der Waals surface area contributed by atoms with Gasteiger partial charge in [-0.3, -0.25) is 15.7 Å². The van der Waals surface area contributed by atoms with E-state index in [1.54, 1.807) is 11.5 Å². The Hall–Kier alpha value is -2.68. The second-order valence-corrected chi connectivity index (χ2v) is 4.63. The van der Waals surface area contributed by atoms with Gasteiger partial charge in [0.2, 0.25) is 5.88 Å². The number of hydrogen-bond donors (Lipinski definition) is 2. The number of alkyl halides is 3. The summed E-state index contributed by atoms with van der Waals surface area (Å²) in [5.41, 5.74) is 2.04. The zero-order valence-electron chi connectivity index (χ0n) is 12.2. The number of nitrogens with zero attached hydrogens (tertiary/aromatic N) is 2. The highest BCUT2D eigenvalue weighted by molar-refractivity contribution is 5.99. The predicted octanol–water partition coefficient (Wildman–Crippen LogP) is 3.09. The SMILES string of the molecule is ONC(=NCc1ccccc1F)c1cccnc1OCC(F)(F)F. The smallest absolute Gasteiger partial charge is 0.422 e. The number of hydrogen-bond acceptors (Lipinski definition) is 4. The van der Waals surface area contributed by atoms with Gasteiger partial charge in [0.15, 0.2) is 12.4 Å². The number of ether oxygens (including phenoxy) is 1. The molecule has 0 saturated heterocycles. The van der Waals surface area contributed by atoms with Crippen molar-refractivity contribution in [2.24, 2.45) is 4.99 Å². The number of halogens is 4. The molecular weight excluding hydrogens is 330 g/mol. The summed E-state index contributed by atoms with van der Waals surface area (Å²) in [6.45, 7) is -1.67. The molecule has 0 aliphatic rings. The van der Waals surface area contributed by atoms with Gasteiger partial charge in [-0.15, -0.1) is 0 Å². The maximum Gasteiger partial charge on any atom is 0.422 e. The van der Waals surface area contributed by atoms with Crippen molar-refractivity contribution in [3.05, 3.63) is 59.5 Å². The molecule has 0 spiro atoms. The minimum absolute atomic E-state index is 0.0144. The molecule has 0 aliphatic heterocycles. The van der Waals surface area contributed by atoms with E-state index in [2.05, 4.69) is 14.7 Å². The van der Waals surface area contributed by atoms with Gasteiger partial charge >= 0.3 is 6.18 Å². The van der Waals surface area contributed by atoms with Crippen LogP contribution in [0, 0.1) is 5.82 Å². The van der Waals surface area contributed by atoms with Crippen molar-refractivity contribution in [1.82, 2.24) is 10.5 Å². The van der Waals surface area contributed by atoms with Crippen LogP contribution in [0.15, 0.2) is 47.6 Å². The number of amidine groups is 1. The van der Waals surface area contributed by atoms with E-state index < -0.39 is 18.6 Å². The molecule has 1 heterocycles. The second-order valence-electron chi connectivity index (χ2n) is 4.63. The van der Waals surface area contributed by atoms with Crippen LogP contribution in [-0.4, -0.2) is 28.8 Å². The van der Waals surface area contributed by atoms with Crippen LogP contribution in [0.5, 0.6) is 5.88 Å². The minimum atomic E-state index is -4.54. The monoisotopic (exact) mass is 343 g/mol. The van der Waals surface area contributed by atoms with Crippen molar-refractivity contribution in [3.8, 4) is 5.88 Å².